The van der Waals surface area contributed by atoms with Crippen LogP contribution in [-0.4, -0.2) is 16.0 Å². The molecule has 2 unspecified atom stereocenters. The molecule has 2 nitrogen and oxygen atoms in total. The average molecular weight is 287 g/mol. The highest BCUT2D eigenvalue weighted by Crippen LogP contribution is 2.58. The normalized spacial score (nSPS) is 26.2. The van der Waals surface area contributed by atoms with E-state index < -0.39 is 57.8 Å². The number of hydrogen-bond donors (Lipinski definition) is 1. The molecule has 2 rings (SSSR count). The van der Waals surface area contributed by atoms with E-state index in [-0.39, 0.29) is 0 Å². The monoisotopic (exact) mass is 286 g/mol. The predicted octanol–water partition coefficient (Wildman–Crippen LogP) is 2.93. The van der Waals surface area contributed by atoms with E-state index in [0.29, 0.717) is 0 Å². The number of carboxylic acid groups (broad SMARTS) is 1. The molecule has 0 heterocycles. The number of carboxylic acids is 1. The molecular weight excluding hydrogens is 283 g/mol. The summed E-state index contributed by atoms with van der Waals surface area (Å²) in [5, 5.41) is 8.68. The van der Waals surface area contributed by atoms with E-state index in [1.807, 2.05) is 0 Å². The molecule has 0 amide bonds. The molecule has 1 aromatic rings. The van der Waals surface area contributed by atoms with Crippen molar-refractivity contribution in [1.29, 1.82) is 0 Å². The molecular formula is C10H4ClF5O2. The van der Waals surface area contributed by atoms with Crippen molar-refractivity contribution in [2.75, 3.05) is 0 Å². The van der Waals surface area contributed by atoms with Gasteiger partial charge in [0.15, 0.2) is 23.3 Å². The van der Waals surface area contributed by atoms with Gasteiger partial charge in [-0.2, -0.15) is 0 Å². The van der Waals surface area contributed by atoms with Crippen molar-refractivity contribution in [2.45, 2.75) is 17.2 Å². The average Bonchev–Trinajstić information content (AvgIpc) is 2.98. The van der Waals surface area contributed by atoms with Crippen molar-refractivity contribution < 1.29 is 31.9 Å². The van der Waals surface area contributed by atoms with Gasteiger partial charge >= 0.3 is 5.97 Å². The fraction of sp³-hybridized carbons (Fsp3) is 0.300. The zero-order chi connectivity index (χ0) is 13.8. The molecule has 1 aromatic carbocycles. The largest absolute Gasteiger partial charge is 0.480 e. The van der Waals surface area contributed by atoms with Gasteiger partial charge < -0.3 is 5.11 Å². The number of halogens is 6. The van der Waals surface area contributed by atoms with Crippen LogP contribution in [0.3, 0.4) is 0 Å². The molecule has 1 fully saturated rings. The van der Waals surface area contributed by atoms with E-state index in [4.69, 9.17) is 16.7 Å². The van der Waals surface area contributed by atoms with Crippen LogP contribution in [0, 0.1) is 29.1 Å². The standard InChI is InChI=1S/C10H4ClF5O2/c11-10(9(17)18)1-2(10)3-4(12)6(14)8(16)7(15)5(3)13/h2H,1H2,(H,17,18). The fourth-order valence-electron chi connectivity index (χ4n) is 1.73. The molecule has 1 saturated carbocycles. The first-order valence-electron chi connectivity index (χ1n) is 4.65. The molecule has 8 heteroatoms. The number of benzene rings is 1. The molecule has 98 valence electrons. The Morgan fingerprint density at radius 3 is 1.78 bits per heavy atom. The summed E-state index contributed by atoms with van der Waals surface area (Å²) in [7, 11) is 0. The smallest absolute Gasteiger partial charge is 0.325 e. The van der Waals surface area contributed by atoms with E-state index in [9.17, 15) is 26.7 Å². The summed E-state index contributed by atoms with van der Waals surface area (Å²) in [5.41, 5.74) is -1.18. The van der Waals surface area contributed by atoms with Gasteiger partial charge in [-0.3, -0.25) is 4.79 Å². The minimum absolute atomic E-state index is 0.401. The zero-order valence-electron chi connectivity index (χ0n) is 8.41. The number of hydrogen-bond acceptors (Lipinski definition) is 1. The number of alkyl halides is 1. The van der Waals surface area contributed by atoms with Crippen LogP contribution in [0.25, 0.3) is 0 Å². The Labute approximate surface area is 102 Å². The Bertz CT molecular complexity index is 533. The Kier molecular flexibility index (Phi) is 2.77. The van der Waals surface area contributed by atoms with Gasteiger partial charge in [0.1, 0.15) is 4.87 Å². The molecule has 0 saturated heterocycles. The first-order chi connectivity index (χ1) is 8.21. The van der Waals surface area contributed by atoms with Crippen molar-refractivity contribution in [3.05, 3.63) is 34.6 Å². The third-order valence-electron chi connectivity index (χ3n) is 2.84. The summed E-state index contributed by atoms with van der Waals surface area (Å²) in [4.78, 5) is 8.67. The molecule has 18 heavy (non-hydrogen) atoms. The lowest BCUT2D eigenvalue weighted by Crippen LogP contribution is -2.18. The van der Waals surface area contributed by atoms with Gasteiger partial charge in [-0.1, -0.05) is 0 Å². The van der Waals surface area contributed by atoms with Crippen LogP contribution in [-0.2, 0) is 4.79 Å². The minimum atomic E-state index is -2.29. The summed E-state index contributed by atoms with van der Waals surface area (Å²) >= 11 is 5.50. The van der Waals surface area contributed by atoms with Crippen LogP contribution < -0.4 is 0 Å². The van der Waals surface area contributed by atoms with E-state index in [1.54, 1.807) is 0 Å². The van der Waals surface area contributed by atoms with Gasteiger partial charge in [0.05, 0.1) is 0 Å². The van der Waals surface area contributed by atoms with E-state index in [2.05, 4.69) is 0 Å². The highest BCUT2D eigenvalue weighted by molar-refractivity contribution is 6.37. The number of aliphatic carboxylic acids is 1. The highest BCUT2D eigenvalue weighted by Gasteiger charge is 2.62. The SMILES string of the molecule is O=C(O)C1(Cl)CC1c1c(F)c(F)c(F)c(F)c1F. The van der Waals surface area contributed by atoms with Crippen LogP contribution in [0.1, 0.15) is 17.9 Å². The van der Waals surface area contributed by atoms with Crippen molar-refractivity contribution in [3.8, 4) is 0 Å². The van der Waals surface area contributed by atoms with Gasteiger partial charge in [-0.05, 0) is 6.42 Å². The Morgan fingerprint density at radius 2 is 1.44 bits per heavy atom. The lowest BCUT2D eigenvalue weighted by molar-refractivity contribution is -0.137. The molecule has 2 atom stereocenters. The fourth-order valence-corrected chi connectivity index (χ4v) is 2.00. The third kappa shape index (κ3) is 1.57. The maximum absolute atomic E-state index is 13.3. The van der Waals surface area contributed by atoms with Crippen molar-refractivity contribution in [3.63, 3.8) is 0 Å². The lowest BCUT2D eigenvalue weighted by atomic mass is 10.1. The molecule has 0 aliphatic heterocycles. The topological polar surface area (TPSA) is 37.3 Å². The van der Waals surface area contributed by atoms with Gasteiger partial charge in [-0.15, -0.1) is 11.6 Å². The first-order valence-corrected chi connectivity index (χ1v) is 5.03. The lowest BCUT2D eigenvalue weighted by Gasteiger charge is -2.08. The summed E-state index contributed by atoms with van der Waals surface area (Å²) in [6, 6.07) is 0. The van der Waals surface area contributed by atoms with E-state index in [1.165, 1.54) is 0 Å². The molecule has 0 spiro atoms. The van der Waals surface area contributed by atoms with E-state index >= 15 is 0 Å². The number of carbonyl (C=O) groups is 1. The summed E-state index contributed by atoms with van der Waals surface area (Å²) in [5.74, 6) is -13.6. The van der Waals surface area contributed by atoms with Crippen LogP contribution in [0.4, 0.5) is 22.0 Å². The van der Waals surface area contributed by atoms with Crippen LogP contribution in [0.15, 0.2) is 0 Å². The van der Waals surface area contributed by atoms with Gasteiger partial charge in [-0.25, -0.2) is 22.0 Å². The Hall–Kier alpha value is -1.37. The zero-order valence-corrected chi connectivity index (χ0v) is 9.16. The maximum Gasteiger partial charge on any atom is 0.325 e. The highest BCUT2D eigenvalue weighted by atomic mass is 35.5. The number of rotatable bonds is 2. The molecule has 1 aliphatic carbocycles. The van der Waals surface area contributed by atoms with Gasteiger partial charge in [0.25, 0.3) is 0 Å². The van der Waals surface area contributed by atoms with Gasteiger partial charge in [0.2, 0.25) is 5.82 Å². The molecule has 0 radical (unpaired) electrons. The van der Waals surface area contributed by atoms with Crippen LogP contribution in [0.5, 0.6) is 0 Å². The van der Waals surface area contributed by atoms with Crippen LogP contribution in [0.2, 0.25) is 0 Å². The minimum Gasteiger partial charge on any atom is -0.480 e. The summed E-state index contributed by atoms with van der Waals surface area (Å²) < 4.78 is 65.2. The summed E-state index contributed by atoms with van der Waals surface area (Å²) in [6.45, 7) is 0. The summed E-state index contributed by atoms with van der Waals surface area (Å²) in [6.07, 6.45) is -0.401. The predicted molar refractivity (Wildman–Crippen MR) is 49.8 cm³/mol. The maximum atomic E-state index is 13.3. The van der Waals surface area contributed by atoms with Crippen molar-refractivity contribution in [2.24, 2.45) is 0 Å². The van der Waals surface area contributed by atoms with Crippen molar-refractivity contribution >= 4 is 17.6 Å². The third-order valence-corrected chi connectivity index (χ3v) is 3.42. The Balaban J connectivity index is 2.58. The van der Waals surface area contributed by atoms with Crippen LogP contribution >= 0.6 is 11.6 Å². The molecule has 0 aromatic heterocycles. The second-order valence-electron chi connectivity index (χ2n) is 3.91. The van der Waals surface area contributed by atoms with Crippen molar-refractivity contribution in [1.82, 2.24) is 0 Å². The quantitative estimate of drug-likeness (QED) is 0.393. The Morgan fingerprint density at radius 1 is 1.06 bits per heavy atom. The molecule has 0 bridgehead atoms. The van der Waals surface area contributed by atoms with E-state index in [0.717, 1.165) is 0 Å². The molecule has 1 aliphatic rings. The van der Waals surface area contributed by atoms with Gasteiger partial charge in [0, 0.05) is 11.5 Å². The second-order valence-corrected chi connectivity index (χ2v) is 4.58. The molecule has 1 N–H and O–H groups in total. The first kappa shape index (κ1) is 13.1. The second kappa shape index (κ2) is 3.81.